The molecule has 0 saturated carbocycles. The van der Waals surface area contributed by atoms with Gasteiger partial charge in [-0.2, -0.15) is 0 Å². The Labute approximate surface area is 198 Å². The van der Waals surface area contributed by atoms with Crippen LogP contribution in [-0.4, -0.2) is 5.91 Å². The summed E-state index contributed by atoms with van der Waals surface area (Å²) in [5.41, 5.74) is 4.23. The van der Waals surface area contributed by atoms with E-state index < -0.39 is 0 Å². The number of rotatable bonds is 8. The number of benzene rings is 4. The highest BCUT2D eigenvalue weighted by atomic mass is 35.5. The van der Waals surface area contributed by atoms with Gasteiger partial charge >= 0.3 is 0 Å². The molecule has 0 bridgehead atoms. The van der Waals surface area contributed by atoms with Gasteiger partial charge in [0.1, 0.15) is 24.7 Å². The van der Waals surface area contributed by atoms with Crippen molar-refractivity contribution >= 4 is 23.2 Å². The Kier molecular flexibility index (Phi) is 7.28. The van der Waals surface area contributed by atoms with Crippen molar-refractivity contribution in [3.05, 3.63) is 124 Å². The number of carbonyl (C=O) groups excluding carboxylic acids is 1. The second-order valence-electron chi connectivity index (χ2n) is 7.67. The molecule has 0 atom stereocenters. The van der Waals surface area contributed by atoms with Crippen LogP contribution < -0.4 is 14.8 Å². The molecule has 1 amide bonds. The minimum atomic E-state index is -0.270. The summed E-state index contributed by atoms with van der Waals surface area (Å²) in [5.74, 6) is 0.782. The van der Waals surface area contributed by atoms with Gasteiger partial charge in [0.15, 0.2) is 0 Å². The molecular weight excluding hydrogens is 434 g/mol. The smallest absolute Gasteiger partial charge is 0.259 e. The molecule has 0 aliphatic heterocycles. The Bertz CT molecular complexity index is 1240. The van der Waals surface area contributed by atoms with E-state index in [4.69, 9.17) is 21.1 Å². The van der Waals surface area contributed by atoms with Gasteiger partial charge in [0, 0.05) is 10.7 Å². The van der Waals surface area contributed by atoms with Gasteiger partial charge in [0.05, 0.1) is 5.56 Å². The van der Waals surface area contributed by atoms with Crippen LogP contribution in [-0.2, 0) is 13.2 Å². The number of hydrogen-bond acceptors (Lipinski definition) is 3. The number of ether oxygens (including phenoxy) is 2. The lowest BCUT2D eigenvalue weighted by atomic mass is 10.1. The fourth-order valence-electron chi connectivity index (χ4n) is 3.38. The molecular formula is C28H24ClNO3. The molecule has 166 valence electrons. The van der Waals surface area contributed by atoms with E-state index in [1.54, 1.807) is 18.2 Å². The first-order chi connectivity index (χ1) is 16.1. The van der Waals surface area contributed by atoms with Crippen molar-refractivity contribution < 1.29 is 14.3 Å². The average Bonchev–Trinajstić information content (AvgIpc) is 2.82. The van der Waals surface area contributed by atoms with Crippen molar-refractivity contribution in [3.8, 4) is 11.5 Å². The predicted octanol–water partition coefficient (Wildman–Crippen LogP) is 7.06. The number of para-hydroxylation sites is 1. The summed E-state index contributed by atoms with van der Waals surface area (Å²) in [6.45, 7) is 2.73. The van der Waals surface area contributed by atoms with Crippen molar-refractivity contribution in [2.75, 3.05) is 5.32 Å². The van der Waals surface area contributed by atoms with E-state index in [1.807, 2.05) is 79.7 Å². The molecule has 4 aromatic rings. The van der Waals surface area contributed by atoms with Crippen LogP contribution in [0.15, 0.2) is 97.1 Å². The highest BCUT2D eigenvalue weighted by Crippen LogP contribution is 2.27. The highest BCUT2D eigenvalue weighted by Gasteiger charge is 2.15. The number of amides is 1. The lowest BCUT2D eigenvalue weighted by molar-refractivity contribution is 0.102. The molecule has 1 N–H and O–H groups in total. The lowest BCUT2D eigenvalue weighted by Gasteiger charge is -2.14. The Balaban J connectivity index is 1.55. The molecule has 4 nitrogen and oxygen atoms in total. The maximum absolute atomic E-state index is 13.1. The van der Waals surface area contributed by atoms with Crippen molar-refractivity contribution in [3.63, 3.8) is 0 Å². The third kappa shape index (κ3) is 6.37. The highest BCUT2D eigenvalue weighted by molar-refractivity contribution is 6.30. The molecule has 0 aliphatic rings. The Morgan fingerprint density at radius 2 is 1.52 bits per heavy atom. The molecule has 0 saturated heterocycles. The molecule has 0 aliphatic carbocycles. The Hall–Kier alpha value is -3.76. The summed E-state index contributed by atoms with van der Waals surface area (Å²) < 4.78 is 12.0. The van der Waals surface area contributed by atoms with Crippen molar-refractivity contribution in [1.82, 2.24) is 0 Å². The Morgan fingerprint density at radius 1 is 0.788 bits per heavy atom. The van der Waals surface area contributed by atoms with Crippen LogP contribution >= 0.6 is 11.6 Å². The minimum Gasteiger partial charge on any atom is -0.489 e. The predicted molar refractivity (Wildman–Crippen MR) is 132 cm³/mol. The van der Waals surface area contributed by atoms with Crippen LogP contribution in [0.4, 0.5) is 5.69 Å². The summed E-state index contributed by atoms with van der Waals surface area (Å²) in [5, 5.41) is 3.57. The van der Waals surface area contributed by atoms with Crippen LogP contribution in [0.2, 0.25) is 5.02 Å². The summed E-state index contributed by atoms with van der Waals surface area (Å²) in [6.07, 6.45) is 0. The van der Waals surface area contributed by atoms with E-state index in [2.05, 4.69) is 11.4 Å². The summed E-state index contributed by atoms with van der Waals surface area (Å²) in [7, 11) is 0. The van der Waals surface area contributed by atoms with Crippen LogP contribution in [0.5, 0.6) is 11.5 Å². The van der Waals surface area contributed by atoms with Gasteiger partial charge in [-0.05, 0) is 60.5 Å². The molecule has 0 unspecified atom stereocenters. The quantitative estimate of drug-likeness (QED) is 0.308. The number of hydrogen-bond donors (Lipinski definition) is 1. The first-order valence-corrected chi connectivity index (χ1v) is 11.0. The largest absolute Gasteiger partial charge is 0.489 e. The molecule has 4 rings (SSSR count). The Morgan fingerprint density at radius 3 is 2.27 bits per heavy atom. The number of aryl methyl sites for hydroxylation is 1. The van der Waals surface area contributed by atoms with E-state index in [0.29, 0.717) is 41.0 Å². The van der Waals surface area contributed by atoms with Gasteiger partial charge in [0.25, 0.3) is 5.91 Å². The molecule has 0 heterocycles. The fraction of sp³-hybridized carbons (Fsp3) is 0.107. The van der Waals surface area contributed by atoms with E-state index in [1.165, 1.54) is 0 Å². The third-order valence-corrected chi connectivity index (χ3v) is 5.23. The van der Waals surface area contributed by atoms with Crippen molar-refractivity contribution in [2.24, 2.45) is 0 Å². The molecule has 0 radical (unpaired) electrons. The fourth-order valence-corrected chi connectivity index (χ4v) is 3.59. The van der Waals surface area contributed by atoms with Crippen LogP contribution in [0.25, 0.3) is 0 Å². The van der Waals surface area contributed by atoms with Crippen LogP contribution in [0, 0.1) is 6.92 Å². The lowest BCUT2D eigenvalue weighted by Crippen LogP contribution is -2.14. The number of carbonyl (C=O) groups is 1. The van der Waals surface area contributed by atoms with Gasteiger partial charge < -0.3 is 14.8 Å². The van der Waals surface area contributed by atoms with Gasteiger partial charge in [-0.15, -0.1) is 0 Å². The van der Waals surface area contributed by atoms with Crippen LogP contribution in [0.3, 0.4) is 0 Å². The van der Waals surface area contributed by atoms with E-state index in [9.17, 15) is 4.79 Å². The van der Waals surface area contributed by atoms with Gasteiger partial charge in [-0.1, -0.05) is 71.8 Å². The first kappa shape index (κ1) is 22.4. The summed E-state index contributed by atoms with van der Waals surface area (Å²) in [6, 6.07) is 30.2. The standard InChI is InChI=1S/C28H24ClNO3/c1-20-7-5-8-21(15-20)19-33-27-14-13-25(32-18-22-9-6-10-23(29)16-22)17-26(27)28(31)30-24-11-3-2-4-12-24/h2-17H,18-19H2,1H3,(H,30,31). The molecule has 0 aromatic heterocycles. The SMILES string of the molecule is Cc1cccc(COc2ccc(OCc3cccc(Cl)c3)cc2C(=O)Nc2ccccc2)c1. The van der Waals surface area contributed by atoms with Crippen LogP contribution in [0.1, 0.15) is 27.0 Å². The second kappa shape index (κ2) is 10.7. The zero-order valence-electron chi connectivity index (χ0n) is 18.3. The van der Waals surface area contributed by atoms with Gasteiger partial charge in [0.2, 0.25) is 0 Å². The van der Waals surface area contributed by atoms with Crippen molar-refractivity contribution in [2.45, 2.75) is 20.1 Å². The third-order valence-electron chi connectivity index (χ3n) is 5.00. The number of nitrogens with one attached hydrogen (secondary N) is 1. The van der Waals surface area contributed by atoms with E-state index in [-0.39, 0.29) is 5.91 Å². The molecule has 4 aromatic carbocycles. The molecule has 0 spiro atoms. The summed E-state index contributed by atoms with van der Waals surface area (Å²) in [4.78, 5) is 13.1. The molecule has 33 heavy (non-hydrogen) atoms. The maximum atomic E-state index is 13.1. The molecule has 5 heteroatoms. The second-order valence-corrected chi connectivity index (χ2v) is 8.11. The summed E-state index contributed by atoms with van der Waals surface area (Å²) >= 11 is 6.06. The number of halogens is 1. The molecule has 0 fully saturated rings. The average molecular weight is 458 g/mol. The normalized spacial score (nSPS) is 10.5. The minimum absolute atomic E-state index is 0.270. The monoisotopic (exact) mass is 457 g/mol. The van der Waals surface area contributed by atoms with E-state index >= 15 is 0 Å². The number of anilines is 1. The first-order valence-electron chi connectivity index (χ1n) is 10.6. The maximum Gasteiger partial charge on any atom is 0.259 e. The zero-order valence-corrected chi connectivity index (χ0v) is 19.0. The topological polar surface area (TPSA) is 47.6 Å². The van der Waals surface area contributed by atoms with Gasteiger partial charge in [-0.3, -0.25) is 4.79 Å². The van der Waals surface area contributed by atoms with Crippen molar-refractivity contribution in [1.29, 1.82) is 0 Å². The van der Waals surface area contributed by atoms with Gasteiger partial charge in [-0.25, -0.2) is 0 Å². The van der Waals surface area contributed by atoms with E-state index in [0.717, 1.165) is 16.7 Å². The zero-order chi connectivity index (χ0) is 23.0.